The smallest absolute Gasteiger partial charge is 0.253 e. The van der Waals surface area contributed by atoms with Crippen LogP contribution >= 0.6 is 11.6 Å². The number of carbonyl (C=O) groups is 1. The van der Waals surface area contributed by atoms with Gasteiger partial charge < -0.3 is 10.2 Å². The Balaban J connectivity index is 1.55. The average molecular weight is 490 g/mol. The molecule has 6 nitrogen and oxygen atoms in total. The van der Waals surface area contributed by atoms with E-state index in [1.165, 1.54) is 46.5 Å². The van der Waals surface area contributed by atoms with E-state index in [1.54, 1.807) is 0 Å². The minimum absolute atomic E-state index is 0.100. The number of sulfonamides is 1. The number of benzene rings is 2. The highest BCUT2D eigenvalue weighted by atomic mass is 35.5. The first-order valence-electron chi connectivity index (χ1n) is 11.7. The predicted molar refractivity (Wildman–Crippen MR) is 131 cm³/mol. The Hall–Kier alpha value is -1.93. The van der Waals surface area contributed by atoms with E-state index in [2.05, 4.69) is 28.4 Å². The van der Waals surface area contributed by atoms with Gasteiger partial charge in [-0.05, 0) is 74.0 Å². The molecule has 1 aliphatic heterocycles. The van der Waals surface area contributed by atoms with E-state index in [0.717, 1.165) is 24.8 Å². The fourth-order valence-corrected chi connectivity index (χ4v) is 6.30. The highest BCUT2D eigenvalue weighted by Crippen LogP contribution is 2.28. The van der Waals surface area contributed by atoms with Gasteiger partial charge in [-0.1, -0.05) is 36.7 Å². The van der Waals surface area contributed by atoms with Crippen LogP contribution in [0, 0.1) is 0 Å². The fourth-order valence-electron chi connectivity index (χ4n) is 4.64. The first-order chi connectivity index (χ1) is 15.8. The minimum atomic E-state index is -3.69. The molecule has 0 spiro atoms. The van der Waals surface area contributed by atoms with Crippen LogP contribution in [-0.4, -0.2) is 56.8 Å². The third-order valence-corrected chi connectivity index (χ3v) is 9.00. The first kappa shape index (κ1) is 24.2. The van der Waals surface area contributed by atoms with Gasteiger partial charge in [0.05, 0.1) is 21.5 Å². The zero-order chi connectivity index (χ0) is 23.6. The molecule has 0 radical (unpaired) electrons. The van der Waals surface area contributed by atoms with E-state index in [-0.39, 0.29) is 27.4 Å². The largest absolute Gasteiger partial charge is 0.345 e. The topological polar surface area (TPSA) is 69.7 Å². The van der Waals surface area contributed by atoms with Crippen molar-refractivity contribution in [3.05, 3.63) is 63.7 Å². The number of hydrogen-bond donors (Lipinski definition) is 1. The lowest BCUT2D eigenvalue weighted by atomic mass is 9.88. The van der Waals surface area contributed by atoms with Crippen molar-refractivity contribution in [2.45, 2.75) is 50.0 Å². The van der Waals surface area contributed by atoms with Crippen LogP contribution in [0.2, 0.25) is 5.02 Å². The molecule has 1 saturated heterocycles. The number of carbonyl (C=O) groups excluding carboxylic acids is 1. The SMILES string of the molecule is CC[C@@H](NC(=O)c1cc(S(=O)(=O)N2CCN(C)CC2)ccc1Cl)c1ccc2c(c1)CCCC2. The van der Waals surface area contributed by atoms with Crippen molar-refractivity contribution in [3.8, 4) is 0 Å². The maximum atomic E-state index is 13.2. The molecule has 178 valence electrons. The van der Waals surface area contributed by atoms with E-state index in [0.29, 0.717) is 26.2 Å². The van der Waals surface area contributed by atoms with E-state index in [4.69, 9.17) is 11.6 Å². The number of aryl methyl sites for hydroxylation is 2. The van der Waals surface area contributed by atoms with Crippen LogP contribution < -0.4 is 5.32 Å². The number of nitrogens with one attached hydrogen (secondary N) is 1. The van der Waals surface area contributed by atoms with Crippen LogP contribution in [0.15, 0.2) is 41.3 Å². The van der Waals surface area contributed by atoms with E-state index in [1.807, 2.05) is 14.0 Å². The van der Waals surface area contributed by atoms with E-state index >= 15 is 0 Å². The number of halogens is 1. The van der Waals surface area contributed by atoms with Crippen molar-refractivity contribution in [2.75, 3.05) is 33.2 Å². The van der Waals surface area contributed by atoms with Crippen LogP contribution in [0.4, 0.5) is 0 Å². The van der Waals surface area contributed by atoms with Crippen molar-refractivity contribution in [2.24, 2.45) is 0 Å². The summed E-state index contributed by atoms with van der Waals surface area (Å²) in [6.45, 7) is 4.25. The number of fused-ring (bicyclic) bond motifs is 1. The molecule has 0 aromatic heterocycles. The molecular formula is C25H32ClN3O3S. The van der Waals surface area contributed by atoms with Crippen LogP contribution in [0.25, 0.3) is 0 Å². The summed E-state index contributed by atoms with van der Waals surface area (Å²) in [5.41, 5.74) is 4.02. The molecule has 8 heteroatoms. The standard InChI is InChI=1S/C25H32ClN3O3S/c1-3-24(20-9-8-18-6-4-5-7-19(18)16-20)27-25(30)22-17-21(10-11-23(22)26)33(31,32)29-14-12-28(2)13-15-29/h8-11,16-17,24H,3-7,12-15H2,1-2H3,(H,27,30)/t24-/m1/s1. The van der Waals surface area contributed by atoms with Gasteiger partial charge in [-0.25, -0.2) is 8.42 Å². The molecule has 0 unspecified atom stereocenters. The molecule has 1 aliphatic carbocycles. The quantitative estimate of drug-likeness (QED) is 0.665. The maximum Gasteiger partial charge on any atom is 0.253 e. The van der Waals surface area contributed by atoms with Crippen molar-refractivity contribution in [1.29, 1.82) is 0 Å². The van der Waals surface area contributed by atoms with Gasteiger partial charge in [-0.3, -0.25) is 4.79 Å². The Labute approximate surface area is 202 Å². The van der Waals surface area contributed by atoms with E-state index in [9.17, 15) is 13.2 Å². The Bertz CT molecular complexity index is 1130. The molecule has 1 heterocycles. The monoisotopic (exact) mass is 489 g/mol. The molecule has 2 aliphatic rings. The minimum Gasteiger partial charge on any atom is -0.345 e. The Morgan fingerprint density at radius 1 is 1.03 bits per heavy atom. The molecule has 1 fully saturated rings. The lowest BCUT2D eigenvalue weighted by molar-refractivity contribution is 0.0935. The number of rotatable bonds is 6. The van der Waals surface area contributed by atoms with Gasteiger partial charge in [0.1, 0.15) is 0 Å². The maximum absolute atomic E-state index is 13.2. The number of nitrogens with zero attached hydrogens (tertiary/aromatic N) is 2. The Kier molecular flexibility index (Phi) is 7.43. The summed E-state index contributed by atoms with van der Waals surface area (Å²) in [7, 11) is -1.71. The van der Waals surface area contributed by atoms with Gasteiger partial charge in [-0.15, -0.1) is 0 Å². The summed E-state index contributed by atoms with van der Waals surface area (Å²) in [4.78, 5) is 15.4. The third-order valence-electron chi connectivity index (χ3n) is 6.77. The highest BCUT2D eigenvalue weighted by Gasteiger charge is 2.29. The molecule has 2 aromatic rings. The van der Waals surface area contributed by atoms with Crippen molar-refractivity contribution >= 4 is 27.5 Å². The predicted octanol–water partition coefficient (Wildman–Crippen LogP) is 4.04. The Morgan fingerprint density at radius 3 is 2.42 bits per heavy atom. The summed E-state index contributed by atoms with van der Waals surface area (Å²) >= 11 is 6.34. The summed E-state index contributed by atoms with van der Waals surface area (Å²) in [5, 5.41) is 3.31. The molecule has 2 aromatic carbocycles. The Morgan fingerprint density at radius 2 is 1.73 bits per heavy atom. The number of likely N-dealkylation sites (N-methyl/N-ethyl adjacent to an activating group) is 1. The summed E-state index contributed by atoms with van der Waals surface area (Å²) in [6.07, 6.45) is 5.34. The second-order valence-corrected chi connectivity index (χ2v) is 11.4. The average Bonchev–Trinajstić information content (AvgIpc) is 2.82. The summed E-state index contributed by atoms with van der Waals surface area (Å²) in [6, 6.07) is 10.7. The summed E-state index contributed by atoms with van der Waals surface area (Å²) < 4.78 is 27.8. The van der Waals surface area contributed by atoms with Gasteiger partial charge in [0.15, 0.2) is 0 Å². The van der Waals surface area contributed by atoms with Gasteiger partial charge in [0.25, 0.3) is 5.91 Å². The molecule has 1 atom stereocenters. The molecule has 33 heavy (non-hydrogen) atoms. The van der Waals surface area contributed by atoms with Crippen molar-refractivity contribution in [3.63, 3.8) is 0 Å². The van der Waals surface area contributed by atoms with Crippen LogP contribution in [0.5, 0.6) is 0 Å². The van der Waals surface area contributed by atoms with Gasteiger partial charge in [-0.2, -0.15) is 4.31 Å². The van der Waals surface area contributed by atoms with Gasteiger partial charge in [0, 0.05) is 26.2 Å². The fraction of sp³-hybridized carbons (Fsp3) is 0.480. The van der Waals surface area contributed by atoms with Crippen LogP contribution in [-0.2, 0) is 22.9 Å². The van der Waals surface area contributed by atoms with Gasteiger partial charge in [0.2, 0.25) is 10.0 Å². The summed E-state index contributed by atoms with van der Waals surface area (Å²) in [5.74, 6) is -0.361. The lowest BCUT2D eigenvalue weighted by Crippen LogP contribution is -2.47. The first-order valence-corrected chi connectivity index (χ1v) is 13.5. The molecule has 1 amide bonds. The molecule has 4 rings (SSSR count). The zero-order valence-electron chi connectivity index (χ0n) is 19.3. The number of amides is 1. The lowest BCUT2D eigenvalue weighted by Gasteiger charge is -2.31. The van der Waals surface area contributed by atoms with Crippen molar-refractivity contribution in [1.82, 2.24) is 14.5 Å². The number of hydrogen-bond acceptors (Lipinski definition) is 4. The highest BCUT2D eigenvalue weighted by molar-refractivity contribution is 7.89. The molecular weight excluding hydrogens is 458 g/mol. The second-order valence-electron chi connectivity index (χ2n) is 9.02. The van der Waals surface area contributed by atoms with Gasteiger partial charge >= 0.3 is 0 Å². The van der Waals surface area contributed by atoms with E-state index < -0.39 is 10.0 Å². The third kappa shape index (κ3) is 5.27. The molecule has 1 N–H and O–H groups in total. The number of piperazine rings is 1. The normalized spacial score (nSPS) is 18.5. The molecule has 0 saturated carbocycles. The van der Waals surface area contributed by atoms with Crippen molar-refractivity contribution < 1.29 is 13.2 Å². The second kappa shape index (κ2) is 10.1. The molecule has 0 bridgehead atoms. The zero-order valence-corrected chi connectivity index (χ0v) is 20.9. The van der Waals surface area contributed by atoms with Crippen LogP contribution in [0.3, 0.4) is 0 Å². The van der Waals surface area contributed by atoms with Crippen LogP contribution in [0.1, 0.15) is 59.3 Å².